The number of carbonyl (C=O) groups excluding carboxylic acids is 1. The zero-order valence-corrected chi connectivity index (χ0v) is 23.0. The Morgan fingerprint density at radius 1 is 1.05 bits per heavy atom. The number of Topliss-reactive ketones (excluding diaryl/α,β-unsaturated/α-hetero) is 1. The number of carbonyl (C=O) groups is 1. The van der Waals surface area contributed by atoms with Crippen molar-refractivity contribution < 1.29 is 4.79 Å². The molecule has 0 saturated carbocycles. The molecular weight excluding hydrogens is 474 g/mol. The maximum absolute atomic E-state index is 12.8. The topological polar surface area (TPSA) is 79.0 Å². The summed E-state index contributed by atoms with van der Waals surface area (Å²) in [5, 5.41) is 15.4. The molecule has 0 amide bonds. The lowest BCUT2D eigenvalue weighted by Gasteiger charge is -2.21. The van der Waals surface area contributed by atoms with Crippen LogP contribution in [0.3, 0.4) is 0 Å². The largest absolute Gasteiger partial charge is 0.398 e. The van der Waals surface area contributed by atoms with E-state index in [4.69, 9.17) is 11.1 Å². The molecule has 0 radical (unpaired) electrons. The van der Waals surface area contributed by atoms with Gasteiger partial charge in [-0.1, -0.05) is 98.0 Å². The number of benzene rings is 2. The molecule has 0 heterocycles. The third-order valence-corrected chi connectivity index (χ3v) is 5.99. The lowest BCUT2D eigenvalue weighted by atomic mass is 9.90. The number of ketones is 1. The maximum Gasteiger partial charge on any atom is 0.162 e. The standard InChI is InChI=1S/C32H35N3OS/c1-7-8-9-11-14-22(2)30(32(34)26-15-12-10-13-16-26)23(3)35-24(4)31(25(5)36)28-17-18-29(33)27(21-28)19-20-37-6/h7-18,21-22,34-35H,1,33H2,2-6H3/b9-8-,14-11-,30-23+,31-24+,34-32?. The van der Waals surface area contributed by atoms with Crippen molar-refractivity contribution in [2.24, 2.45) is 5.92 Å². The van der Waals surface area contributed by atoms with Gasteiger partial charge in [0.1, 0.15) is 0 Å². The highest BCUT2D eigenvalue weighted by Gasteiger charge is 2.19. The van der Waals surface area contributed by atoms with Crippen LogP contribution in [0.2, 0.25) is 0 Å². The van der Waals surface area contributed by atoms with Crippen LogP contribution in [0.5, 0.6) is 0 Å². The molecule has 0 aliphatic carbocycles. The number of rotatable bonds is 10. The fraction of sp³-hybridized carbons (Fsp3) is 0.188. The van der Waals surface area contributed by atoms with Gasteiger partial charge in [-0.2, -0.15) is 0 Å². The Labute approximate surface area is 225 Å². The van der Waals surface area contributed by atoms with Crippen molar-refractivity contribution >= 4 is 34.5 Å². The Kier molecular flexibility index (Phi) is 11.5. The first kappa shape index (κ1) is 29.2. The average Bonchev–Trinajstić information content (AvgIpc) is 2.87. The molecule has 190 valence electrons. The van der Waals surface area contributed by atoms with E-state index < -0.39 is 0 Å². The fourth-order valence-corrected chi connectivity index (χ4v) is 4.22. The molecule has 0 aromatic heterocycles. The highest BCUT2D eigenvalue weighted by atomic mass is 32.2. The second-order valence-electron chi connectivity index (χ2n) is 8.49. The highest BCUT2D eigenvalue weighted by Crippen LogP contribution is 2.26. The molecule has 37 heavy (non-hydrogen) atoms. The molecule has 0 saturated heterocycles. The SMILES string of the molecule is C=C/C=C\C=C/C(C)/C(C(=N)c1ccccc1)=C(/C)N/C(C)=C(\C(C)=O)c1ccc(N)c(C#CSC)c1. The van der Waals surface area contributed by atoms with Crippen LogP contribution in [0.4, 0.5) is 5.69 Å². The molecule has 5 heteroatoms. The summed E-state index contributed by atoms with van der Waals surface area (Å²) in [6, 6.07) is 15.1. The fourth-order valence-electron chi connectivity index (χ4n) is 4.01. The van der Waals surface area contributed by atoms with Crippen molar-refractivity contribution in [2.75, 3.05) is 12.0 Å². The molecule has 0 aliphatic heterocycles. The number of hydrogen-bond acceptors (Lipinski definition) is 5. The summed E-state index contributed by atoms with van der Waals surface area (Å²) in [7, 11) is 0. The van der Waals surface area contributed by atoms with Crippen molar-refractivity contribution in [3.8, 4) is 11.2 Å². The van der Waals surface area contributed by atoms with Gasteiger partial charge in [-0.15, -0.1) is 0 Å². The summed E-state index contributed by atoms with van der Waals surface area (Å²) in [6.07, 6.45) is 11.4. The zero-order chi connectivity index (χ0) is 27.4. The minimum atomic E-state index is -0.0754. The zero-order valence-electron chi connectivity index (χ0n) is 22.2. The van der Waals surface area contributed by atoms with Crippen LogP contribution < -0.4 is 11.1 Å². The van der Waals surface area contributed by atoms with E-state index in [1.165, 1.54) is 11.8 Å². The van der Waals surface area contributed by atoms with Crippen LogP contribution in [-0.4, -0.2) is 17.8 Å². The first-order valence-corrected chi connectivity index (χ1v) is 13.2. The number of allylic oxidation sites excluding steroid dienone is 9. The molecule has 1 unspecified atom stereocenters. The molecule has 0 fully saturated rings. The summed E-state index contributed by atoms with van der Waals surface area (Å²) in [4.78, 5) is 12.8. The second kappa shape index (κ2) is 14.5. The Morgan fingerprint density at radius 3 is 2.38 bits per heavy atom. The summed E-state index contributed by atoms with van der Waals surface area (Å²) in [6.45, 7) is 11.1. The lowest BCUT2D eigenvalue weighted by Crippen LogP contribution is -2.21. The number of nitrogens with one attached hydrogen (secondary N) is 2. The van der Waals surface area contributed by atoms with E-state index in [2.05, 4.69) is 30.0 Å². The molecule has 4 nitrogen and oxygen atoms in total. The van der Waals surface area contributed by atoms with Gasteiger partial charge < -0.3 is 11.1 Å². The smallest absolute Gasteiger partial charge is 0.162 e. The molecule has 4 N–H and O–H groups in total. The van der Waals surface area contributed by atoms with E-state index in [9.17, 15) is 4.79 Å². The molecule has 0 aliphatic rings. The number of nitrogens with two attached hydrogens (primary N) is 1. The van der Waals surface area contributed by atoms with E-state index in [-0.39, 0.29) is 11.7 Å². The summed E-state index contributed by atoms with van der Waals surface area (Å²) in [5.74, 6) is 2.91. The third kappa shape index (κ3) is 8.27. The Balaban J connectivity index is 2.61. The normalized spacial score (nSPS) is 13.3. The third-order valence-electron chi connectivity index (χ3n) is 5.68. The quantitative estimate of drug-likeness (QED) is 0.105. The van der Waals surface area contributed by atoms with Crippen molar-refractivity contribution in [3.05, 3.63) is 119 Å². The van der Waals surface area contributed by atoms with Gasteiger partial charge >= 0.3 is 0 Å². The minimum absolute atomic E-state index is 0.0619. The van der Waals surface area contributed by atoms with Crippen molar-refractivity contribution in [1.82, 2.24) is 5.32 Å². The Morgan fingerprint density at radius 2 is 1.76 bits per heavy atom. The van der Waals surface area contributed by atoms with E-state index >= 15 is 0 Å². The monoisotopic (exact) mass is 509 g/mol. The van der Waals surface area contributed by atoms with E-state index in [0.717, 1.165) is 22.4 Å². The predicted molar refractivity (Wildman–Crippen MR) is 161 cm³/mol. The van der Waals surface area contributed by atoms with E-state index in [1.54, 1.807) is 19.1 Å². The minimum Gasteiger partial charge on any atom is -0.398 e. The van der Waals surface area contributed by atoms with Crippen LogP contribution in [-0.2, 0) is 4.79 Å². The van der Waals surface area contributed by atoms with E-state index in [0.29, 0.717) is 28.2 Å². The summed E-state index contributed by atoms with van der Waals surface area (Å²) < 4.78 is 0. The van der Waals surface area contributed by atoms with Crippen molar-refractivity contribution in [2.45, 2.75) is 27.7 Å². The number of nitrogen functional groups attached to an aromatic ring is 1. The van der Waals surface area contributed by atoms with Crippen molar-refractivity contribution in [1.29, 1.82) is 5.41 Å². The lowest BCUT2D eigenvalue weighted by molar-refractivity contribution is -0.111. The molecular formula is C32H35N3OS. The summed E-state index contributed by atoms with van der Waals surface area (Å²) >= 11 is 1.41. The van der Waals surface area contributed by atoms with Gasteiger partial charge in [0, 0.05) is 39.7 Å². The van der Waals surface area contributed by atoms with Crippen LogP contribution in [0.15, 0.2) is 102 Å². The van der Waals surface area contributed by atoms with Crippen LogP contribution in [0.25, 0.3) is 5.57 Å². The Hall–Kier alpha value is -4.01. The predicted octanol–water partition coefficient (Wildman–Crippen LogP) is 7.13. The average molecular weight is 510 g/mol. The van der Waals surface area contributed by atoms with Gasteiger partial charge in [0.05, 0.1) is 5.71 Å². The number of thioether (sulfide) groups is 1. The van der Waals surface area contributed by atoms with Gasteiger partial charge in [-0.3, -0.25) is 10.2 Å². The number of anilines is 1. The van der Waals surface area contributed by atoms with Crippen LogP contribution in [0, 0.1) is 22.5 Å². The highest BCUT2D eigenvalue weighted by molar-refractivity contribution is 8.03. The van der Waals surface area contributed by atoms with Crippen LogP contribution >= 0.6 is 11.8 Å². The van der Waals surface area contributed by atoms with Gasteiger partial charge in [-0.25, -0.2) is 0 Å². The van der Waals surface area contributed by atoms with Gasteiger partial charge in [0.2, 0.25) is 0 Å². The second-order valence-corrected chi connectivity index (χ2v) is 9.10. The first-order valence-electron chi connectivity index (χ1n) is 11.9. The first-order chi connectivity index (χ1) is 17.7. The molecule has 2 aromatic carbocycles. The van der Waals surface area contributed by atoms with Gasteiger partial charge in [-0.05, 0) is 55.5 Å². The molecule has 2 aromatic rings. The molecule has 0 spiro atoms. The number of hydrogen-bond donors (Lipinski definition) is 3. The molecule has 1 atom stereocenters. The maximum atomic E-state index is 12.8. The van der Waals surface area contributed by atoms with Gasteiger partial charge in [0.15, 0.2) is 5.78 Å². The van der Waals surface area contributed by atoms with Crippen LogP contribution in [0.1, 0.15) is 44.4 Å². The van der Waals surface area contributed by atoms with E-state index in [1.807, 2.05) is 86.9 Å². The Bertz CT molecular complexity index is 1340. The summed E-state index contributed by atoms with van der Waals surface area (Å²) in [5.41, 5.74) is 12.2. The van der Waals surface area contributed by atoms with Crippen molar-refractivity contribution in [3.63, 3.8) is 0 Å². The molecule has 2 rings (SSSR count). The molecule has 0 bridgehead atoms. The van der Waals surface area contributed by atoms with Gasteiger partial charge in [0.25, 0.3) is 0 Å².